The number of esters is 1. The van der Waals surface area contributed by atoms with Crippen LogP contribution in [0.1, 0.15) is 43.6 Å². The van der Waals surface area contributed by atoms with Crippen molar-refractivity contribution in [3.05, 3.63) is 90.0 Å². The molecule has 0 spiro atoms. The molecule has 13 heteroatoms. The van der Waals surface area contributed by atoms with Crippen LogP contribution in [0.4, 0.5) is 5.69 Å². The predicted octanol–water partition coefficient (Wildman–Crippen LogP) is 1.74. The van der Waals surface area contributed by atoms with E-state index in [2.05, 4.69) is 30.7 Å². The Morgan fingerprint density at radius 3 is 2.00 bits per heavy atom. The van der Waals surface area contributed by atoms with E-state index in [4.69, 9.17) is 1.41 Å². The normalized spacial score (nSPS) is 12.3. The third kappa shape index (κ3) is 12.8. The van der Waals surface area contributed by atoms with Crippen LogP contribution in [0, 0.1) is 0 Å². The Bertz CT molecular complexity index is 1440. The summed E-state index contributed by atoms with van der Waals surface area (Å²) in [6, 6.07) is 16.5. The number of benzene rings is 1. The lowest BCUT2D eigenvalue weighted by Gasteiger charge is -2.21. The maximum atomic E-state index is 12.9. The van der Waals surface area contributed by atoms with Crippen LogP contribution in [0.3, 0.4) is 0 Å². The number of methoxy groups -OCH3 is 1. The van der Waals surface area contributed by atoms with Crippen LogP contribution >= 0.6 is 0 Å². The molecule has 2 aromatic heterocycles. The number of pyridine rings is 2. The van der Waals surface area contributed by atoms with Crippen LogP contribution in [0.2, 0.25) is 1.41 Å². The molecule has 0 saturated heterocycles. The highest BCUT2D eigenvalue weighted by atomic mass is 16.5. The monoisotopic (exact) mass is 632 g/mol. The van der Waals surface area contributed by atoms with E-state index in [9.17, 15) is 24.0 Å². The van der Waals surface area contributed by atoms with Crippen molar-refractivity contribution in [2.24, 2.45) is 0 Å². The van der Waals surface area contributed by atoms with Crippen molar-refractivity contribution in [3.8, 4) is 0 Å². The number of carbonyl (C=O) groups excluding carboxylic acids is 5. The number of ether oxygens (including phenoxy) is 1. The minimum absolute atomic E-state index is 0.141. The lowest BCUT2D eigenvalue weighted by Crippen LogP contribution is -2.49. The van der Waals surface area contributed by atoms with Crippen LogP contribution < -0.4 is 21.3 Å². The average molecular weight is 633 g/mol. The predicted molar refractivity (Wildman–Crippen MR) is 171 cm³/mol. The zero-order valence-electron chi connectivity index (χ0n) is 27.3. The number of rotatable bonds is 17. The van der Waals surface area contributed by atoms with Crippen molar-refractivity contribution in [1.29, 1.82) is 0 Å². The first-order valence-electron chi connectivity index (χ1n) is 15.4. The third-order valence-corrected chi connectivity index (χ3v) is 6.76. The molecular formula is C33H41N7O6. The molecule has 46 heavy (non-hydrogen) atoms. The van der Waals surface area contributed by atoms with E-state index >= 15 is 0 Å². The molecule has 0 bridgehead atoms. The Hall–Kier alpha value is -5.17. The quantitative estimate of drug-likeness (QED) is 0.162. The molecule has 244 valence electrons. The minimum atomic E-state index is -1.16. The summed E-state index contributed by atoms with van der Waals surface area (Å²) >= 11 is 0. The lowest BCUT2D eigenvalue weighted by molar-refractivity contribution is -0.144. The number of hydrogen-bond donors (Lipinski definition) is 4. The van der Waals surface area contributed by atoms with Gasteiger partial charge in [-0.05, 0) is 62.2 Å². The van der Waals surface area contributed by atoms with Gasteiger partial charge in [-0.25, -0.2) is 4.79 Å². The Morgan fingerprint density at radius 1 is 0.826 bits per heavy atom. The summed E-state index contributed by atoms with van der Waals surface area (Å²) in [4.78, 5) is 72.0. The smallest absolute Gasteiger partial charge is 0.328 e. The second-order valence-electron chi connectivity index (χ2n) is 10.6. The Morgan fingerprint density at radius 2 is 1.43 bits per heavy atom. The van der Waals surface area contributed by atoms with Gasteiger partial charge in [0.2, 0.25) is 23.6 Å². The van der Waals surface area contributed by atoms with E-state index in [0.29, 0.717) is 37.1 Å². The van der Waals surface area contributed by atoms with Crippen molar-refractivity contribution in [2.45, 2.75) is 58.3 Å². The van der Waals surface area contributed by atoms with Crippen molar-refractivity contribution in [1.82, 2.24) is 30.8 Å². The van der Waals surface area contributed by atoms with E-state index in [1.807, 2.05) is 53.4 Å². The fourth-order valence-electron chi connectivity index (χ4n) is 4.33. The molecule has 13 nitrogen and oxygen atoms in total. The van der Waals surface area contributed by atoms with Gasteiger partial charge < -0.3 is 26.0 Å². The van der Waals surface area contributed by atoms with E-state index in [1.165, 1.54) is 21.0 Å². The largest absolute Gasteiger partial charge is 0.467 e. The number of aromatic nitrogens is 2. The SMILES string of the molecule is [2H]N(C(=O)CCC(=O)NCCc1ccc(NC(=O)CN(Cc2ccccn2)Cc2ccccn2)cc1)[C@H](C)C(=O)N[C@@H](C)C(=O)OC. The molecule has 0 saturated carbocycles. The highest BCUT2D eigenvalue weighted by Gasteiger charge is 2.21. The average Bonchev–Trinajstić information content (AvgIpc) is 3.07. The van der Waals surface area contributed by atoms with E-state index in [-0.39, 0.29) is 31.2 Å². The summed E-state index contributed by atoms with van der Waals surface area (Å²) in [5.74, 6) is -2.59. The van der Waals surface area contributed by atoms with Crippen LogP contribution in [0.5, 0.6) is 0 Å². The van der Waals surface area contributed by atoms with Crippen LogP contribution in [-0.2, 0) is 48.2 Å². The van der Waals surface area contributed by atoms with Crippen molar-refractivity contribution < 1.29 is 30.1 Å². The molecule has 0 aliphatic rings. The first kappa shape index (κ1) is 33.7. The summed E-state index contributed by atoms with van der Waals surface area (Å²) in [7, 11) is 1.19. The van der Waals surface area contributed by atoms with Gasteiger partial charge in [-0.15, -0.1) is 0 Å². The van der Waals surface area contributed by atoms with Crippen molar-refractivity contribution in [2.75, 3.05) is 25.5 Å². The van der Waals surface area contributed by atoms with Gasteiger partial charge in [0.1, 0.15) is 12.1 Å². The summed E-state index contributed by atoms with van der Waals surface area (Å²) < 4.78 is 12.5. The summed E-state index contributed by atoms with van der Waals surface area (Å²) in [6.45, 7) is 4.21. The fourth-order valence-corrected chi connectivity index (χ4v) is 4.33. The highest BCUT2D eigenvalue weighted by molar-refractivity contribution is 5.92. The molecule has 0 fully saturated rings. The minimum Gasteiger partial charge on any atom is -0.467 e. The Kier molecular flexibility index (Phi) is 13.6. The zero-order valence-corrected chi connectivity index (χ0v) is 26.3. The number of amides is 4. The van der Waals surface area contributed by atoms with Crippen LogP contribution in [-0.4, -0.2) is 76.7 Å². The van der Waals surface area contributed by atoms with Gasteiger partial charge in [0.15, 0.2) is 1.41 Å². The van der Waals surface area contributed by atoms with Gasteiger partial charge in [0, 0.05) is 50.6 Å². The van der Waals surface area contributed by atoms with Gasteiger partial charge in [0.25, 0.3) is 0 Å². The van der Waals surface area contributed by atoms with E-state index in [0.717, 1.165) is 17.0 Å². The lowest BCUT2D eigenvalue weighted by atomic mass is 10.1. The number of nitrogens with zero attached hydrogens (tertiary/aromatic N) is 3. The molecule has 2 heterocycles. The molecule has 1 aromatic carbocycles. The first-order valence-corrected chi connectivity index (χ1v) is 14.9. The van der Waals surface area contributed by atoms with Crippen LogP contribution in [0.25, 0.3) is 0 Å². The zero-order chi connectivity index (χ0) is 34.2. The molecule has 0 radical (unpaired) electrons. The maximum absolute atomic E-state index is 12.9. The number of hydrogen-bond acceptors (Lipinski definition) is 9. The van der Waals surface area contributed by atoms with E-state index < -0.39 is 29.9 Å². The molecule has 0 aliphatic heterocycles. The second kappa shape index (κ2) is 18.6. The molecule has 0 unspecified atom stereocenters. The fraction of sp³-hybridized carbons (Fsp3) is 0.364. The summed E-state index contributed by atoms with van der Waals surface area (Å²) in [6.07, 6.45) is 3.56. The maximum Gasteiger partial charge on any atom is 0.328 e. The van der Waals surface area contributed by atoms with Crippen molar-refractivity contribution in [3.63, 3.8) is 0 Å². The second-order valence-corrected chi connectivity index (χ2v) is 10.6. The molecule has 3 rings (SSSR count). The standard InChI is InChI=1S/C33H41N7O6/c1-23(32(44)38-24(2)33(45)46-3)37-30(42)15-14-29(41)36-19-16-25-10-12-26(13-11-25)39-31(43)22-40(20-27-8-4-6-17-34-27)21-28-9-5-7-18-35-28/h4-13,17-18,23-24H,14-16,19-22H2,1-3H3,(H,36,41)(H,37,42)(H,38,44)(H,39,43)/t23-,24+/m1/s1/i/hD. The highest BCUT2D eigenvalue weighted by Crippen LogP contribution is 2.12. The number of anilines is 1. The Balaban J connectivity index is 1.40. The summed E-state index contributed by atoms with van der Waals surface area (Å²) in [5, 5.41) is 8.54. The van der Waals surface area contributed by atoms with Gasteiger partial charge >= 0.3 is 5.97 Å². The Labute approximate surface area is 270 Å². The van der Waals surface area contributed by atoms with Gasteiger partial charge in [0.05, 0.1) is 25.0 Å². The van der Waals surface area contributed by atoms with Gasteiger partial charge in [-0.1, -0.05) is 24.3 Å². The van der Waals surface area contributed by atoms with Crippen LogP contribution in [0.15, 0.2) is 73.1 Å². The summed E-state index contributed by atoms with van der Waals surface area (Å²) in [5.41, 5.74) is 3.27. The van der Waals surface area contributed by atoms with Crippen molar-refractivity contribution >= 4 is 35.3 Å². The molecule has 2 atom stereocenters. The molecule has 0 aliphatic carbocycles. The number of carbonyl (C=O) groups is 5. The van der Waals surface area contributed by atoms with Gasteiger partial charge in [-0.2, -0.15) is 0 Å². The topological polar surface area (TPSA) is 172 Å². The van der Waals surface area contributed by atoms with E-state index in [1.54, 1.807) is 24.5 Å². The molecule has 3 aromatic rings. The number of nitrogens with one attached hydrogen (secondary N) is 4. The molecular weight excluding hydrogens is 590 g/mol. The third-order valence-electron chi connectivity index (χ3n) is 6.76. The van der Waals surface area contributed by atoms with Gasteiger partial charge in [-0.3, -0.25) is 34.0 Å². The molecule has 4 N–H and O–H groups in total. The first-order chi connectivity index (χ1) is 22.5. The molecule has 4 amide bonds.